The maximum atomic E-state index is 12.6. The SMILES string of the molecule is C/C=C/C(=O)OC(CC)OC(=O)COC(=O)C1=CC2=C(Cc3ccccc3S2)C(=O)C1. The van der Waals surface area contributed by atoms with Gasteiger partial charge in [0.15, 0.2) is 12.4 Å². The first-order valence-corrected chi connectivity index (χ1v) is 10.7. The van der Waals surface area contributed by atoms with Crippen molar-refractivity contribution in [2.45, 2.75) is 44.3 Å². The van der Waals surface area contributed by atoms with Crippen LogP contribution in [0.4, 0.5) is 0 Å². The van der Waals surface area contributed by atoms with Crippen LogP contribution in [0, 0.1) is 0 Å². The zero-order valence-corrected chi connectivity index (χ0v) is 18.0. The Balaban J connectivity index is 1.58. The quantitative estimate of drug-likeness (QED) is 0.360. The fraction of sp³-hybridized carbons (Fsp3) is 0.304. The number of ether oxygens (including phenoxy) is 3. The number of hydrogen-bond donors (Lipinski definition) is 0. The third kappa shape index (κ3) is 5.73. The van der Waals surface area contributed by atoms with Gasteiger partial charge in [-0.15, -0.1) is 0 Å². The molecule has 8 heteroatoms. The Bertz CT molecular complexity index is 1000. The van der Waals surface area contributed by atoms with Crippen molar-refractivity contribution in [1.82, 2.24) is 0 Å². The Morgan fingerprint density at radius 2 is 1.94 bits per heavy atom. The summed E-state index contributed by atoms with van der Waals surface area (Å²) in [6.45, 7) is 2.68. The Morgan fingerprint density at radius 1 is 1.16 bits per heavy atom. The van der Waals surface area contributed by atoms with Gasteiger partial charge in [-0.1, -0.05) is 43.0 Å². The van der Waals surface area contributed by atoms with E-state index in [-0.39, 0.29) is 24.2 Å². The number of benzene rings is 1. The van der Waals surface area contributed by atoms with Crippen LogP contribution in [0.1, 0.15) is 32.3 Å². The van der Waals surface area contributed by atoms with Crippen LogP contribution in [0.25, 0.3) is 0 Å². The van der Waals surface area contributed by atoms with Crippen LogP contribution >= 0.6 is 11.8 Å². The summed E-state index contributed by atoms with van der Waals surface area (Å²) in [5, 5.41) is 0. The van der Waals surface area contributed by atoms with Gasteiger partial charge in [-0.2, -0.15) is 0 Å². The number of carbonyl (C=O) groups excluding carboxylic acids is 4. The first kappa shape index (κ1) is 22.6. The lowest BCUT2D eigenvalue weighted by molar-refractivity contribution is -0.189. The van der Waals surface area contributed by atoms with Crippen LogP contribution in [0.15, 0.2) is 63.4 Å². The molecule has 0 radical (unpaired) electrons. The summed E-state index contributed by atoms with van der Waals surface area (Å²) in [6.07, 6.45) is 3.99. The summed E-state index contributed by atoms with van der Waals surface area (Å²) in [5.74, 6) is -2.37. The van der Waals surface area contributed by atoms with Crippen molar-refractivity contribution in [3.05, 3.63) is 64.1 Å². The second-order valence-corrected chi connectivity index (χ2v) is 7.92. The molecule has 1 unspecified atom stereocenters. The van der Waals surface area contributed by atoms with Gasteiger partial charge in [0, 0.05) is 46.3 Å². The summed E-state index contributed by atoms with van der Waals surface area (Å²) < 4.78 is 15.0. The van der Waals surface area contributed by atoms with Crippen LogP contribution in [-0.4, -0.2) is 36.6 Å². The van der Waals surface area contributed by atoms with Crippen LogP contribution in [-0.2, 0) is 39.8 Å². The molecule has 0 fully saturated rings. The monoisotopic (exact) mass is 442 g/mol. The average molecular weight is 442 g/mol. The highest BCUT2D eigenvalue weighted by Crippen LogP contribution is 2.42. The Morgan fingerprint density at radius 3 is 2.68 bits per heavy atom. The summed E-state index contributed by atoms with van der Waals surface area (Å²) in [7, 11) is 0. The molecule has 1 atom stereocenters. The van der Waals surface area contributed by atoms with Gasteiger partial charge >= 0.3 is 17.9 Å². The number of ketones is 1. The number of hydrogen-bond acceptors (Lipinski definition) is 8. The minimum atomic E-state index is -1.07. The predicted molar refractivity (Wildman–Crippen MR) is 113 cm³/mol. The van der Waals surface area contributed by atoms with Gasteiger partial charge in [0.1, 0.15) is 0 Å². The van der Waals surface area contributed by atoms with Crippen LogP contribution in [0.5, 0.6) is 0 Å². The summed E-state index contributed by atoms with van der Waals surface area (Å²) in [5.41, 5.74) is 1.96. The van der Waals surface area contributed by atoms with Crippen LogP contribution in [0.2, 0.25) is 0 Å². The molecule has 0 spiro atoms. The van der Waals surface area contributed by atoms with Crippen LogP contribution < -0.4 is 0 Å². The smallest absolute Gasteiger partial charge is 0.347 e. The maximum Gasteiger partial charge on any atom is 0.347 e. The number of allylic oxidation sites excluding steroid dienone is 3. The van der Waals surface area contributed by atoms with Crippen molar-refractivity contribution < 1.29 is 33.4 Å². The minimum Gasteiger partial charge on any atom is -0.450 e. The molecular weight excluding hydrogens is 420 g/mol. The molecular formula is C23H22O7S. The Labute approximate surface area is 184 Å². The highest BCUT2D eigenvalue weighted by atomic mass is 32.2. The summed E-state index contributed by atoms with van der Waals surface area (Å²) in [4.78, 5) is 50.2. The van der Waals surface area contributed by atoms with Gasteiger partial charge in [0.25, 0.3) is 0 Å². The molecule has 1 aromatic rings. The first-order chi connectivity index (χ1) is 14.9. The van der Waals surface area contributed by atoms with Crippen molar-refractivity contribution in [2.75, 3.05) is 6.61 Å². The molecule has 1 heterocycles. The maximum absolute atomic E-state index is 12.6. The predicted octanol–water partition coefficient (Wildman–Crippen LogP) is 3.43. The Hall–Kier alpha value is -3.13. The number of thioether (sulfide) groups is 1. The van der Waals surface area contributed by atoms with Gasteiger partial charge in [0.2, 0.25) is 6.29 Å². The van der Waals surface area contributed by atoms with E-state index in [2.05, 4.69) is 0 Å². The molecule has 0 amide bonds. The second-order valence-electron chi connectivity index (χ2n) is 6.84. The highest BCUT2D eigenvalue weighted by Gasteiger charge is 2.30. The molecule has 31 heavy (non-hydrogen) atoms. The number of fused-ring (bicyclic) bond motifs is 1. The lowest BCUT2D eigenvalue weighted by atomic mass is 9.92. The van der Waals surface area contributed by atoms with Crippen molar-refractivity contribution >= 4 is 35.5 Å². The summed E-state index contributed by atoms with van der Waals surface area (Å²) >= 11 is 1.44. The van der Waals surface area contributed by atoms with Crippen molar-refractivity contribution in [3.8, 4) is 0 Å². The molecule has 0 saturated heterocycles. The van der Waals surface area contributed by atoms with Crippen molar-refractivity contribution in [2.24, 2.45) is 0 Å². The van der Waals surface area contributed by atoms with E-state index >= 15 is 0 Å². The van der Waals surface area contributed by atoms with Crippen LogP contribution in [0.3, 0.4) is 0 Å². The molecule has 2 aliphatic rings. The number of Topliss-reactive ketones (excluding diaryl/α,β-unsaturated/α-hetero) is 1. The molecule has 0 N–H and O–H groups in total. The largest absolute Gasteiger partial charge is 0.450 e. The molecule has 1 aromatic carbocycles. The van der Waals surface area contributed by atoms with E-state index in [1.807, 2.05) is 24.3 Å². The van der Waals surface area contributed by atoms with E-state index in [0.717, 1.165) is 15.4 Å². The van der Waals surface area contributed by atoms with Gasteiger partial charge < -0.3 is 14.2 Å². The molecule has 1 aliphatic heterocycles. The lowest BCUT2D eigenvalue weighted by Crippen LogP contribution is -2.27. The molecule has 3 rings (SSSR count). The lowest BCUT2D eigenvalue weighted by Gasteiger charge is -2.24. The Kier molecular flexibility index (Phi) is 7.46. The first-order valence-electron chi connectivity index (χ1n) is 9.83. The third-order valence-corrected chi connectivity index (χ3v) is 5.78. The fourth-order valence-electron chi connectivity index (χ4n) is 3.07. The van der Waals surface area contributed by atoms with Crippen molar-refractivity contribution in [1.29, 1.82) is 0 Å². The fourth-order valence-corrected chi connectivity index (χ4v) is 4.24. The van der Waals surface area contributed by atoms with E-state index in [1.54, 1.807) is 19.9 Å². The van der Waals surface area contributed by atoms with E-state index in [0.29, 0.717) is 12.0 Å². The normalized spacial score (nSPS) is 16.2. The van der Waals surface area contributed by atoms with E-state index in [1.165, 1.54) is 23.9 Å². The molecule has 162 valence electrons. The molecule has 1 aliphatic carbocycles. The third-order valence-electron chi connectivity index (χ3n) is 4.58. The molecule has 0 aromatic heterocycles. The highest BCUT2D eigenvalue weighted by molar-refractivity contribution is 8.03. The van der Waals surface area contributed by atoms with E-state index in [4.69, 9.17) is 14.2 Å². The number of carbonyl (C=O) groups is 4. The summed E-state index contributed by atoms with van der Waals surface area (Å²) in [6, 6.07) is 7.81. The van der Waals surface area contributed by atoms with E-state index in [9.17, 15) is 19.2 Å². The number of rotatable bonds is 7. The molecule has 0 bridgehead atoms. The van der Waals surface area contributed by atoms with Gasteiger partial charge in [-0.25, -0.2) is 14.4 Å². The second kappa shape index (κ2) is 10.3. The van der Waals surface area contributed by atoms with Gasteiger partial charge in [0.05, 0.1) is 0 Å². The topological polar surface area (TPSA) is 96.0 Å². The molecule has 0 saturated carbocycles. The zero-order chi connectivity index (χ0) is 22.4. The van der Waals surface area contributed by atoms with Gasteiger partial charge in [-0.3, -0.25) is 4.79 Å². The standard InChI is InChI=1S/C23H22O7S/c1-3-7-20(25)29-22(4-2)30-21(26)13-28-23(27)15-11-17(24)16-10-14-8-5-6-9-18(14)31-19(16)12-15/h3,5-9,12,22H,4,10-11,13H2,1-2H3/b7-3+. The van der Waals surface area contributed by atoms with Crippen molar-refractivity contribution in [3.63, 3.8) is 0 Å². The average Bonchev–Trinajstić information content (AvgIpc) is 2.75. The van der Waals surface area contributed by atoms with E-state index < -0.39 is 30.8 Å². The van der Waals surface area contributed by atoms with Gasteiger partial charge in [-0.05, 0) is 24.6 Å². The molecule has 7 nitrogen and oxygen atoms in total. The minimum absolute atomic E-state index is 0.0754. The zero-order valence-electron chi connectivity index (χ0n) is 17.2. The number of esters is 3.